The van der Waals surface area contributed by atoms with E-state index in [9.17, 15) is 8.78 Å². The first-order valence-electron chi connectivity index (χ1n) is 8.84. The molecule has 0 amide bonds. The van der Waals surface area contributed by atoms with Gasteiger partial charge in [0.2, 0.25) is 6.23 Å². The summed E-state index contributed by atoms with van der Waals surface area (Å²) in [6.45, 7) is 0. The summed E-state index contributed by atoms with van der Waals surface area (Å²) >= 11 is 0. The number of ether oxygens (including phenoxy) is 2. The van der Waals surface area contributed by atoms with Crippen LogP contribution >= 0.6 is 0 Å². The third-order valence-electron chi connectivity index (χ3n) is 5.03. The van der Waals surface area contributed by atoms with Gasteiger partial charge in [0.1, 0.15) is 11.5 Å². The number of furan rings is 1. The Morgan fingerprint density at radius 1 is 1.11 bits per heavy atom. The van der Waals surface area contributed by atoms with Crippen LogP contribution in [-0.2, 0) is 0 Å². The van der Waals surface area contributed by atoms with Crippen molar-refractivity contribution < 1.29 is 22.7 Å². The first kappa shape index (κ1) is 16.8. The molecule has 28 heavy (non-hydrogen) atoms. The molecule has 142 valence electrons. The summed E-state index contributed by atoms with van der Waals surface area (Å²) in [5.74, 6) is -0.0101. The van der Waals surface area contributed by atoms with Gasteiger partial charge in [0.25, 0.3) is 0 Å². The molecule has 7 heteroatoms. The van der Waals surface area contributed by atoms with Gasteiger partial charge in [0, 0.05) is 17.5 Å². The van der Waals surface area contributed by atoms with Crippen molar-refractivity contribution in [2.24, 2.45) is 5.10 Å². The fraction of sp³-hybridized carbons (Fsp3) is 0.190. The molecule has 3 aromatic rings. The number of hydrogen-bond donors (Lipinski definition) is 0. The van der Waals surface area contributed by atoms with Crippen LogP contribution in [0.2, 0.25) is 0 Å². The van der Waals surface area contributed by atoms with E-state index in [1.807, 2.05) is 18.2 Å². The molecule has 0 unspecified atom stereocenters. The number of halogens is 2. The van der Waals surface area contributed by atoms with Crippen molar-refractivity contribution in [2.45, 2.75) is 18.7 Å². The molecule has 0 saturated heterocycles. The van der Waals surface area contributed by atoms with E-state index in [1.165, 1.54) is 6.07 Å². The zero-order valence-electron chi connectivity index (χ0n) is 14.9. The Kier molecular flexibility index (Phi) is 3.82. The van der Waals surface area contributed by atoms with Gasteiger partial charge in [-0.15, -0.1) is 0 Å². The Labute approximate surface area is 159 Å². The van der Waals surface area contributed by atoms with Crippen molar-refractivity contribution in [1.29, 1.82) is 0 Å². The van der Waals surface area contributed by atoms with Gasteiger partial charge < -0.3 is 13.9 Å². The number of para-hydroxylation sites is 1. The van der Waals surface area contributed by atoms with E-state index in [-0.39, 0.29) is 6.04 Å². The molecule has 0 fully saturated rings. The molecule has 5 nitrogen and oxygen atoms in total. The highest BCUT2D eigenvalue weighted by molar-refractivity contribution is 5.99. The standard InChI is InChI=1S/C21H16F2N2O3/c1-26-19-5-2-4-13-17-11-16(18-6-3-9-27-18)24-25(17)21(28-20(13)19)12-7-8-14(22)15(23)10-12/h2-10,17,21H,11H2,1H3/t17-,21-/m0/s1. The molecule has 2 aliphatic rings. The molecule has 2 aromatic carbocycles. The van der Waals surface area contributed by atoms with Gasteiger partial charge in [-0.1, -0.05) is 18.2 Å². The summed E-state index contributed by atoms with van der Waals surface area (Å²) < 4.78 is 44.5. The number of fused-ring (bicyclic) bond motifs is 3. The second kappa shape index (κ2) is 6.37. The molecule has 0 saturated carbocycles. The number of hydrazone groups is 1. The minimum atomic E-state index is -0.932. The van der Waals surface area contributed by atoms with E-state index in [4.69, 9.17) is 19.0 Å². The monoisotopic (exact) mass is 382 g/mol. The van der Waals surface area contributed by atoms with Crippen molar-refractivity contribution in [1.82, 2.24) is 5.01 Å². The van der Waals surface area contributed by atoms with Crippen LogP contribution < -0.4 is 9.47 Å². The van der Waals surface area contributed by atoms with Gasteiger partial charge in [-0.05, 0) is 30.3 Å². The summed E-state index contributed by atoms with van der Waals surface area (Å²) in [7, 11) is 1.57. The first-order chi connectivity index (χ1) is 13.7. The van der Waals surface area contributed by atoms with E-state index in [1.54, 1.807) is 30.5 Å². The molecule has 0 aliphatic carbocycles. The molecule has 2 atom stereocenters. The van der Waals surface area contributed by atoms with Crippen LogP contribution in [0.15, 0.2) is 64.3 Å². The lowest BCUT2D eigenvalue weighted by Crippen LogP contribution is -2.34. The first-order valence-corrected chi connectivity index (χ1v) is 8.84. The number of benzene rings is 2. The molecule has 0 spiro atoms. The van der Waals surface area contributed by atoms with Gasteiger partial charge >= 0.3 is 0 Å². The Morgan fingerprint density at radius 3 is 2.75 bits per heavy atom. The summed E-state index contributed by atoms with van der Waals surface area (Å²) in [6.07, 6.45) is 1.46. The zero-order chi connectivity index (χ0) is 19.3. The second-order valence-electron chi connectivity index (χ2n) is 6.65. The molecule has 0 radical (unpaired) electrons. The number of rotatable bonds is 3. The lowest BCUT2D eigenvalue weighted by atomic mass is 9.97. The van der Waals surface area contributed by atoms with Crippen LogP contribution in [0.25, 0.3) is 0 Å². The highest BCUT2D eigenvalue weighted by Gasteiger charge is 2.42. The minimum Gasteiger partial charge on any atom is -0.493 e. The number of nitrogens with zero attached hydrogens (tertiary/aromatic N) is 2. The van der Waals surface area contributed by atoms with Gasteiger partial charge in [0.15, 0.2) is 23.1 Å². The normalized spacial score (nSPS) is 20.2. The van der Waals surface area contributed by atoms with Crippen molar-refractivity contribution in [3.05, 3.63) is 83.3 Å². The second-order valence-corrected chi connectivity index (χ2v) is 6.65. The van der Waals surface area contributed by atoms with E-state index in [0.717, 1.165) is 23.4 Å². The number of methoxy groups -OCH3 is 1. The van der Waals surface area contributed by atoms with E-state index < -0.39 is 17.9 Å². The van der Waals surface area contributed by atoms with E-state index in [2.05, 4.69) is 0 Å². The maximum atomic E-state index is 13.9. The van der Waals surface area contributed by atoms with Crippen LogP contribution in [0, 0.1) is 11.6 Å². The van der Waals surface area contributed by atoms with Crippen LogP contribution in [0.5, 0.6) is 11.5 Å². The van der Waals surface area contributed by atoms with Crippen molar-refractivity contribution in [2.75, 3.05) is 7.11 Å². The summed E-state index contributed by atoms with van der Waals surface area (Å²) in [5, 5.41) is 6.46. The molecular formula is C21H16F2N2O3. The summed E-state index contributed by atoms with van der Waals surface area (Å²) in [5.41, 5.74) is 2.15. The SMILES string of the molecule is COc1cccc2c1O[C@@H](c1ccc(F)c(F)c1)N1N=C(c3ccco3)C[C@@H]21. The summed E-state index contributed by atoms with van der Waals surface area (Å²) in [4.78, 5) is 0. The molecule has 5 rings (SSSR count). The Hall–Kier alpha value is -3.35. The van der Waals surface area contributed by atoms with Crippen LogP contribution in [0.3, 0.4) is 0 Å². The topological polar surface area (TPSA) is 47.2 Å². The molecule has 1 aromatic heterocycles. The minimum absolute atomic E-state index is 0.142. The molecule has 2 aliphatic heterocycles. The maximum Gasteiger partial charge on any atom is 0.214 e. The maximum absolute atomic E-state index is 13.9. The van der Waals surface area contributed by atoms with Crippen LogP contribution in [0.4, 0.5) is 8.78 Å². The summed E-state index contributed by atoms with van der Waals surface area (Å²) in [6, 6.07) is 12.9. The Bertz CT molecular complexity index is 1070. The lowest BCUT2D eigenvalue weighted by Gasteiger charge is -2.38. The van der Waals surface area contributed by atoms with Gasteiger partial charge in [-0.2, -0.15) is 5.10 Å². The zero-order valence-corrected chi connectivity index (χ0v) is 14.9. The fourth-order valence-electron chi connectivity index (χ4n) is 3.72. The third-order valence-corrected chi connectivity index (χ3v) is 5.03. The quantitative estimate of drug-likeness (QED) is 0.652. The number of hydrogen-bond acceptors (Lipinski definition) is 5. The van der Waals surface area contributed by atoms with Gasteiger partial charge in [-0.25, -0.2) is 13.8 Å². The smallest absolute Gasteiger partial charge is 0.214 e. The van der Waals surface area contributed by atoms with Crippen molar-refractivity contribution >= 4 is 5.71 Å². The third kappa shape index (κ3) is 2.54. The van der Waals surface area contributed by atoms with Crippen LogP contribution in [-0.4, -0.2) is 17.8 Å². The average Bonchev–Trinajstić information content (AvgIpc) is 3.38. The lowest BCUT2D eigenvalue weighted by molar-refractivity contribution is -0.0211. The Morgan fingerprint density at radius 2 is 2.00 bits per heavy atom. The molecular weight excluding hydrogens is 366 g/mol. The predicted molar refractivity (Wildman–Crippen MR) is 97.2 cm³/mol. The van der Waals surface area contributed by atoms with Crippen LogP contribution in [0.1, 0.15) is 35.6 Å². The molecule has 0 bridgehead atoms. The van der Waals surface area contributed by atoms with Crippen molar-refractivity contribution in [3.8, 4) is 11.5 Å². The highest BCUT2D eigenvalue weighted by atomic mass is 19.2. The predicted octanol–water partition coefficient (Wildman–Crippen LogP) is 4.81. The van der Waals surface area contributed by atoms with Gasteiger partial charge in [-0.3, -0.25) is 0 Å². The van der Waals surface area contributed by atoms with Crippen molar-refractivity contribution in [3.63, 3.8) is 0 Å². The van der Waals surface area contributed by atoms with E-state index in [0.29, 0.717) is 29.2 Å². The average molecular weight is 382 g/mol. The molecule has 3 heterocycles. The van der Waals surface area contributed by atoms with E-state index >= 15 is 0 Å². The fourth-order valence-corrected chi connectivity index (χ4v) is 3.72. The molecule has 0 N–H and O–H groups in total. The Balaban J connectivity index is 1.64. The largest absolute Gasteiger partial charge is 0.493 e. The van der Waals surface area contributed by atoms with Gasteiger partial charge in [0.05, 0.1) is 19.4 Å². The highest BCUT2D eigenvalue weighted by Crippen LogP contribution is 2.50.